The largest absolute Gasteiger partial charge is 0.861 e. The summed E-state index contributed by atoms with van der Waals surface area (Å²) < 4.78 is 2.09. The van der Waals surface area contributed by atoms with Crippen LogP contribution in [-0.4, -0.2) is 173 Å². The number of nitrogens with zero attached hydrogens (tertiary/aromatic N) is 8. The summed E-state index contributed by atoms with van der Waals surface area (Å²) in [7, 11) is 0. The zero-order valence-corrected chi connectivity index (χ0v) is 29.2. The minimum Gasteiger partial charge on any atom is -0.861 e. The molecule has 0 amide bonds. The molecule has 18 heteroatoms. The number of aliphatic imine (C=N–C) groups is 3. The van der Waals surface area contributed by atoms with Gasteiger partial charge in [-0.3, -0.25) is 53.8 Å². The van der Waals surface area contributed by atoms with Gasteiger partial charge in [-0.25, -0.2) is 0 Å². The normalized spacial score (nSPS) is 17.1. The number of aromatic nitrogens is 1. The molecule has 1 fully saturated rings. The maximum atomic E-state index is 13.3. The van der Waals surface area contributed by atoms with Crippen molar-refractivity contribution in [3.8, 4) is 0 Å². The number of carbonyl (C=O) groups is 3. The number of rotatable bonds is 15. The third kappa shape index (κ3) is 12.9. The highest BCUT2D eigenvalue weighted by molar-refractivity contribution is 5.93. The van der Waals surface area contributed by atoms with E-state index in [1.165, 1.54) is 0 Å². The fourth-order valence-corrected chi connectivity index (χ4v) is 6.03. The first-order chi connectivity index (χ1) is 25.4. The van der Waals surface area contributed by atoms with E-state index in [0.717, 1.165) is 11.0 Å². The lowest BCUT2D eigenvalue weighted by atomic mass is 10.1. The van der Waals surface area contributed by atoms with Crippen molar-refractivity contribution in [1.82, 2.24) is 24.2 Å². The second-order valence-corrected chi connectivity index (χ2v) is 12.5. The van der Waals surface area contributed by atoms with Crippen molar-refractivity contribution < 1.29 is 45.0 Å². The SMILES string of the molecule is O=C(O)CN=C([O-])CN1CCN(CCn2c3ccccc3c(=O)c3ccccc32)CCN(CC([O-])=NCC(=O)O)CCN(CC([O-])=NCC(=O)O)CC1. The zero-order valence-electron chi connectivity index (χ0n) is 29.2. The standard InChI is InChI=1S/C35H46N8O10/c44-29(36-19-32(47)48)22-40-11-9-39(17-18-43-27-7-3-1-5-25(27)35(53)26-6-2-4-8-28(26)43)10-12-41(23-30(45)37-20-33(49)50)14-16-42(15-13-40)24-31(46)38-21-34(51)52/h1-8H,9-24H2,(H,36,44)(H,37,45)(H,38,46)(H,47,48)(H,49,50)(H,51,52)/p-3. The summed E-state index contributed by atoms with van der Waals surface area (Å²) in [5, 5.41) is 66.0. The Bertz CT molecular complexity index is 1790. The number of fused-ring (bicyclic) bond motifs is 2. The van der Waals surface area contributed by atoms with Crippen molar-refractivity contribution in [2.45, 2.75) is 6.54 Å². The third-order valence-corrected chi connectivity index (χ3v) is 8.70. The summed E-state index contributed by atoms with van der Waals surface area (Å²) in [6.45, 7) is 0.932. The Morgan fingerprint density at radius 3 is 1.19 bits per heavy atom. The maximum absolute atomic E-state index is 13.3. The van der Waals surface area contributed by atoms with Crippen LogP contribution in [0.4, 0.5) is 0 Å². The Hall–Kier alpha value is -5.43. The van der Waals surface area contributed by atoms with Crippen LogP contribution in [0.25, 0.3) is 21.8 Å². The van der Waals surface area contributed by atoms with Crippen LogP contribution in [0.2, 0.25) is 0 Å². The van der Waals surface area contributed by atoms with Crippen LogP contribution in [-0.2, 0) is 20.9 Å². The van der Waals surface area contributed by atoms with Gasteiger partial charge in [-0.15, -0.1) is 0 Å². The Morgan fingerprint density at radius 2 is 0.849 bits per heavy atom. The molecule has 286 valence electrons. The zero-order chi connectivity index (χ0) is 38.3. The van der Waals surface area contributed by atoms with Crippen molar-refractivity contribution in [2.75, 3.05) is 98.2 Å². The Balaban J connectivity index is 1.63. The second kappa shape index (κ2) is 20.0. The van der Waals surface area contributed by atoms with Crippen molar-refractivity contribution in [3.05, 3.63) is 58.8 Å². The number of hydrogen-bond acceptors (Lipinski definition) is 14. The van der Waals surface area contributed by atoms with Crippen molar-refractivity contribution in [3.63, 3.8) is 0 Å². The van der Waals surface area contributed by atoms with Gasteiger partial charge >= 0.3 is 17.9 Å². The minimum atomic E-state index is -1.26. The Kier molecular flexibility index (Phi) is 15.2. The van der Waals surface area contributed by atoms with Crippen LogP contribution in [0.1, 0.15) is 0 Å². The molecule has 0 radical (unpaired) electrons. The van der Waals surface area contributed by atoms with E-state index in [1.807, 2.05) is 46.2 Å². The minimum absolute atomic E-state index is 0.0627. The predicted octanol–water partition coefficient (Wildman–Crippen LogP) is -3.09. The average Bonchev–Trinajstić information content (AvgIpc) is 3.12. The lowest BCUT2D eigenvalue weighted by Gasteiger charge is -2.36. The van der Waals surface area contributed by atoms with Crippen LogP contribution in [0.5, 0.6) is 0 Å². The average molecular weight is 736 g/mol. The van der Waals surface area contributed by atoms with Crippen LogP contribution < -0.4 is 20.7 Å². The number of carboxylic acid groups (broad SMARTS) is 3. The van der Waals surface area contributed by atoms with Crippen LogP contribution in [0.15, 0.2) is 68.3 Å². The molecule has 53 heavy (non-hydrogen) atoms. The highest BCUT2D eigenvalue weighted by Crippen LogP contribution is 2.19. The Morgan fingerprint density at radius 1 is 0.528 bits per heavy atom. The molecule has 0 spiro atoms. The van der Waals surface area contributed by atoms with E-state index in [4.69, 9.17) is 15.3 Å². The lowest BCUT2D eigenvalue weighted by Crippen LogP contribution is -2.50. The molecule has 1 aliphatic heterocycles. The van der Waals surface area contributed by atoms with Gasteiger partial charge in [-0.1, -0.05) is 24.3 Å². The van der Waals surface area contributed by atoms with Crippen molar-refractivity contribution >= 4 is 57.4 Å². The topological polar surface area (TPSA) is 253 Å². The van der Waals surface area contributed by atoms with Crippen molar-refractivity contribution in [1.29, 1.82) is 0 Å². The van der Waals surface area contributed by atoms with Crippen LogP contribution in [0, 0.1) is 0 Å². The molecule has 1 saturated heterocycles. The molecule has 4 rings (SSSR count). The summed E-state index contributed by atoms with van der Waals surface area (Å²) in [6, 6.07) is 14.8. The number of para-hydroxylation sites is 2. The summed E-state index contributed by atoms with van der Waals surface area (Å²) in [5.41, 5.74) is 1.48. The van der Waals surface area contributed by atoms with Gasteiger partial charge < -0.3 is 35.2 Å². The molecule has 3 aromatic rings. The first-order valence-corrected chi connectivity index (χ1v) is 17.1. The third-order valence-electron chi connectivity index (χ3n) is 8.70. The molecule has 18 nitrogen and oxygen atoms in total. The molecule has 1 aromatic heterocycles. The smallest absolute Gasteiger partial charge is 0.325 e. The van der Waals surface area contributed by atoms with Gasteiger partial charge in [0.1, 0.15) is 19.6 Å². The van der Waals surface area contributed by atoms with Crippen LogP contribution in [0.3, 0.4) is 0 Å². The molecule has 1 aliphatic rings. The maximum Gasteiger partial charge on any atom is 0.325 e. The van der Waals surface area contributed by atoms with Gasteiger partial charge in [-0.05, 0) is 42.0 Å². The monoisotopic (exact) mass is 735 g/mol. The number of aliphatic carboxylic acids is 3. The van der Waals surface area contributed by atoms with Crippen LogP contribution >= 0.6 is 0 Å². The van der Waals surface area contributed by atoms with E-state index in [-0.39, 0.29) is 51.2 Å². The molecule has 0 atom stereocenters. The number of carboxylic acids is 3. The van der Waals surface area contributed by atoms with E-state index >= 15 is 0 Å². The summed E-state index contributed by atoms with van der Waals surface area (Å²) in [5.74, 6) is -5.64. The molecular weight excluding hydrogens is 692 g/mol. The molecule has 2 heterocycles. The fourth-order valence-electron chi connectivity index (χ4n) is 6.03. The first kappa shape index (κ1) is 40.3. The van der Waals surface area contributed by atoms with E-state index in [1.54, 1.807) is 17.0 Å². The van der Waals surface area contributed by atoms with E-state index in [2.05, 4.69) is 24.4 Å². The van der Waals surface area contributed by atoms with Crippen molar-refractivity contribution in [2.24, 2.45) is 15.0 Å². The van der Waals surface area contributed by atoms with Gasteiger partial charge in [0, 0.05) is 95.9 Å². The lowest BCUT2D eigenvalue weighted by molar-refractivity contribution is -0.222. The highest BCUT2D eigenvalue weighted by Gasteiger charge is 2.18. The van der Waals surface area contributed by atoms with E-state index < -0.39 is 55.2 Å². The molecule has 0 saturated carbocycles. The summed E-state index contributed by atoms with van der Waals surface area (Å²) in [6.07, 6.45) is 0. The van der Waals surface area contributed by atoms with E-state index in [9.17, 15) is 34.5 Å². The molecule has 3 N–H and O–H groups in total. The molecule has 2 aromatic carbocycles. The fraction of sp³-hybridized carbons (Fsp3) is 0.457. The first-order valence-electron chi connectivity index (χ1n) is 17.1. The summed E-state index contributed by atoms with van der Waals surface area (Å²) >= 11 is 0. The predicted molar refractivity (Wildman–Crippen MR) is 191 cm³/mol. The second-order valence-electron chi connectivity index (χ2n) is 12.5. The number of hydrogen-bond donors (Lipinski definition) is 3. The molecule has 0 aliphatic carbocycles. The van der Waals surface area contributed by atoms with Gasteiger partial charge in [0.05, 0.1) is 11.0 Å². The highest BCUT2D eigenvalue weighted by atomic mass is 16.4. The van der Waals surface area contributed by atoms with Gasteiger partial charge in [0.15, 0.2) is 5.43 Å². The van der Waals surface area contributed by atoms with Gasteiger partial charge in [0.2, 0.25) is 0 Å². The molecule has 0 unspecified atom stereocenters. The quantitative estimate of drug-likeness (QED) is 0.0795. The summed E-state index contributed by atoms with van der Waals surface area (Å²) in [4.78, 5) is 64.7. The molecular formula is C35H43N8O10-3. The molecule has 0 bridgehead atoms. The van der Waals surface area contributed by atoms with Gasteiger partial charge in [0.25, 0.3) is 0 Å². The number of pyridine rings is 1. The van der Waals surface area contributed by atoms with E-state index in [0.29, 0.717) is 50.0 Å². The van der Waals surface area contributed by atoms with Gasteiger partial charge in [-0.2, -0.15) is 0 Å². The Labute approximate surface area is 304 Å². The number of benzene rings is 2.